The molecule has 0 radical (unpaired) electrons. The molecule has 0 aliphatic rings. The molecule has 5 aromatic rings. The third-order valence-corrected chi connectivity index (χ3v) is 7.43. The Hall–Kier alpha value is -5.44. The molecular formula is C38H40N6O2. The van der Waals surface area contributed by atoms with Crippen LogP contribution in [0, 0.1) is 10.8 Å². The number of nitrogens with one attached hydrogen (secondary N) is 4. The van der Waals surface area contributed by atoms with Crippen LogP contribution in [0.5, 0.6) is 11.5 Å². The van der Waals surface area contributed by atoms with Crippen molar-refractivity contribution in [2.45, 2.75) is 39.4 Å². The van der Waals surface area contributed by atoms with E-state index in [9.17, 15) is 0 Å². The van der Waals surface area contributed by atoms with Crippen LogP contribution in [0.15, 0.2) is 121 Å². The molecule has 0 aliphatic carbocycles. The number of hydrogen-bond donors (Lipinski definition) is 6. The Morgan fingerprint density at radius 3 is 1.09 bits per heavy atom. The van der Waals surface area contributed by atoms with Crippen molar-refractivity contribution in [3.63, 3.8) is 0 Å². The predicted molar refractivity (Wildman–Crippen MR) is 184 cm³/mol. The molecule has 8 N–H and O–H groups in total. The van der Waals surface area contributed by atoms with Crippen LogP contribution in [0.25, 0.3) is 0 Å². The molecule has 0 aromatic heterocycles. The van der Waals surface area contributed by atoms with Crippen LogP contribution in [0.1, 0.15) is 44.5 Å². The normalized spacial score (nSPS) is 10.8. The topological polar surface area (TPSA) is 142 Å². The van der Waals surface area contributed by atoms with Gasteiger partial charge in [0.2, 0.25) is 0 Å². The van der Waals surface area contributed by atoms with Gasteiger partial charge in [-0.25, -0.2) is 0 Å². The van der Waals surface area contributed by atoms with E-state index in [2.05, 4.69) is 83.4 Å². The Labute approximate surface area is 270 Å². The van der Waals surface area contributed by atoms with Gasteiger partial charge >= 0.3 is 0 Å². The summed E-state index contributed by atoms with van der Waals surface area (Å²) in [4.78, 5) is 0. The molecule has 0 bridgehead atoms. The average molecular weight is 613 g/mol. The summed E-state index contributed by atoms with van der Waals surface area (Å²) < 4.78 is 11.8. The van der Waals surface area contributed by atoms with Gasteiger partial charge in [-0.3, -0.25) is 10.8 Å². The Bertz CT molecular complexity index is 1630. The zero-order valence-electron chi connectivity index (χ0n) is 25.8. The number of amidine groups is 2. The van der Waals surface area contributed by atoms with Gasteiger partial charge in [0, 0.05) is 37.3 Å². The number of ether oxygens (including phenoxy) is 2. The second-order valence-electron chi connectivity index (χ2n) is 11.1. The van der Waals surface area contributed by atoms with E-state index >= 15 is 0 Å². The van der Waals surface area contributed by atoms with Crippen molar-refractivity contribution in [3.05, 3.63) is 166 Å². The van der Waals surface area contributed by atoms with Gasteiger partial charge < -0.3 is 31.6 Å². The van der Waals surface area contributed by atoms with E-state index in [1.54, 1.807) is 24.3 Å². The zero-order valence-corrected chi connectivity index (χ0v) is 25.8. The molecule has 0 heterocycles. The highest BCUT2D eigenvalue weighted by Crippen LogP contribution is 2.17. The highest BCUT2D eigenvalue weighted by atomic mass is 16.5. The molecule has 0 saturated carbocycles. The van der Waals surface area contributed by atoms with Crippen molar-refractivity contribution in [1.29, 1.82) is 10.8 Å². The summed E-state index contributed by atoms with van der Waals surface area (Å²) in [5.41, 5.74) is 19.5. The van der Waals surface area contributed by atoms with Crippen LogP contribution in [0.3, 0.4) is 0 Å². The summed E-state index contributed by atoms with van der Waals surface area (Å²) in [6.45, 7) is 4.00. The molecule has 0 atom stereocenters. The smallest absolute Gasteiger partial charge is 0.122 e. The van der Waals surface area contributed by atoms with Crippen molar-refractivity contribution in [2.24, 2.45) is 11.5 Å². The van der Waals surface area contributed by atoms with Crippen molar-refractivity contribution in [3.8, 4) is 11.5 Å². The lowest BCUT2D eigenvalue weighted by atomic mass is 10.1. The maximum absolute atomic E-state index is 7.51. The number of hydrogen-bond acceptors (Lipinski definition) is 6. The van der Waals surface area contributed by atoms with Crippen LogP contribution in [-0.2, 0) is 39.4 Å². The van der Waals surface area contributed by atoms with Gasteiger partial charge in [-0.05, 0) is 81.9 Å². The van der Waals surface area contributed by atoms with Gasteiger partial charge in [-0.1, -0.05) is 72.8 Å². The van der Waals surface area contributed by atoms with Gasteiger partial charge in [0.25, 0.3) is 0 Å². The van der Waals surface area contributed by atoms with Gasteiger partial charge in [0.15, 0.2) is 0 Å². The fourth-order valence-corrected chi connectivity index (χ4v) is 5.01. The van der Waals surface area contributed by atoms with Gasteiger partial charge in [-0.15, -0.1) is 0 Å². The van der Waals surface area contributed by atoms with Gasteiger partial charge in [-0.2, -0.15) is 0 Å². The summed E-state index contributed by atoms with van der Waals surface area (Å²) in [6, 6.07) is 39.9. The molecule has 8 heteroatoms. The third-order valence-electron chi connectivity index (χ3n) is 7.43. The standard InChI is InChI=1S/C38H40N6O2/c39-37(40)33-10-14-35(15-11-33)45-25-31-8-2-6-29(19-31)23-43-21-27-4-1-5-28(18-27)22-44-24-30-7-3-9-32(20-30)26-46-36-16-12-34(13-17-36)38(41)42/h1-20,43-44H,21-26H2,(H3,39,40)(H3,41,42). The average Bonchev–Trinajstić information content (AvgIpc) is 3.07. The molecule has 234 valence electrons. The molecular weight excluding hydrogens is 572 g/mol. The van der Waals surface area contributed by atoms with Crippen molar-refractivity contribution in [1.82, 2.24) is 10.6 Å². The number of benzene rings is 5. The first-order valence-electron chi connectivity index (χ1n) is 15.2. The zero-order chi connectivity index (χ0) is 32.1. The minimum atomic E-state index is 0.0481. The summed E-state index contributed by atoms with van der Waals surface area (Å²) in [5.74, 6) is 1.59. The van der Waals surface area contributed by atoms with Crippen molar-refractivity contribution >= 4 is 11.7 Å². The Balaban J connectivity index is 1.04. The maximum Gasteiger partial charge on any atom is 0.122 e. The molecule has 0 saturated heterocycles. The minimum absolute atomic E-state index is 0.0481. The van der Waals surface area contributed by atoms with Crippen molar-refractivity contribution < 1.29 is 9.47 Å². The van der Waals surface area contributed by atoms with E-state index < -0.39 is 0 Å². The van der Waals surface area contributed by atoms with E-state index in [4.69, 9.17) is 31.8 Å². The minimum Gasteiger partial charge on any atom is -0.489 e. The van der Waals surface area contributed by atoms with Crippen LogP contribution < -0.4 is 31.6 Å². The van der Waals surface area contributed by atoms with E-state index in [0.717, 1.165) is 48.8 Å². The fraction of sp³-hybridized carbons (Fsp3) is 0.158. The molecule has 46 heavy (non-hydrogen) atoms. The van der Waals surface area contributed by atoms with E-state index in [1.165, 1.54) is 22.3 Å². The van der Waals surface area contributed by atoms with Crippen LogP contribution >= 0.6 is 0 Å². The van der Waals surface area contributed by atoms with E-state index in [-0.39, 0.29) is 11.7 Å². The van der Waals surface area contributed by atoms with Gasteiger partial charge in [0.1, 0.15) is 36.4 Å². The number of nitrogen functional groups attached to an aromatic ring is 2. The third kappa shape index (κ3) is 9.79. The molecule has 8 nitrogen and oxygen atoms in total. The fourth-order valence-electron chi connectivity index (χ4n) is 5.01. The number of nitrogens with two attached hydrogens (primary N) is 2. The summed E-state index contributed by atoms with van der Waals surface area (Å²) in [6.07, 6.45) is 0. The molecule has 5 rings (SSSR count). The predicted octanol–water partition coefficient (Wildman–Crippen LogP) is 5.99. The highest BCUT2D eigenvalue weighted by Gasteiger charge is 2.04. The molecule has 5 aromatic carbocycles. The maximum atomic E-state index is 7.51. The SMILES string of the molecule is N=C(N)c1ccc(OCc2cccc(CNCc3cccc(CNCc4cccc(COc5ccc(C(=N)N)cc5)c4)c3)c2)cc1. The summed E-state index contributed by atoms with van der Waals surface area (Å²) >= 11 is 0. The van der Waals surface area contributed by atoms with Crippen molar-refractivity contribution in [2.75, 3.05) is 0 Å². The molecule has 0 spiro atoms. The van der Waals surface area contributed by atoms with E-state index in [1.807, 2.05) is 24.3 Å². The summed E-state index contributed by atoms with van der Waals surface area (Å²) in [5, 5.41) is 22.1. The highest BCUT2D eigenvalue weighted by molar-refractivity contribution is 5.95. The first-order chi connectivity index (χ1) is 22.4. The lowest BCUT2D eigenvalue weighted by Crippen LogP contribution is -2.15. The summed E-state index contributed by atoms with van der Waals surface area (Å²) in [7, 11) is 0. The Morgan fingerprint density at radius 1 is 0.457 bits per heavy atom. The van der Waals surface area contributed by atoms with E-state index in [0.29, 0.717) is 24.3 Å². The monoisotopic (exact) mass is 612 g/mol. The lowest BCUT2D eigenvalue weighted by molar-refractivity contribution is 0.306. The first kappa shape index (κ1) is 32.0. The van der Waals surface area contributed by atoms with Crippen LogP contribution in [-0.4, -0.2) is 11.7 Å². The van der Waals surface area contributed by atoms with Gasteiger partial charge in [0.05, 0.1) is 0 Å². The second-order valence-corrected chi connectivity index (χ2v) is 11.1. The van der Waals surface area contributed by atoms with Crippen LogP contribution in [0.2, 0.25) is 0 Å². The number of rotatable bonds is 16. The van der Waals surface area contributed by atoms with Crippen LogP contribution in [0.4, 0.5) is 0 Å². The first-order valence-corrected chi connectivity index (χ1v) is 15.2. The Kier molecular flexibility index (Phi) is 11.1. The Morgan fingerprint density at radius 2 is 0.761 bits per heavy atom. The molecule has 0 fully saturated rings. The molecule has 0 unspecified atom stereocenters. The molecule has 0 aliphatic heterocycles. The largest absolute Gasteiger partial charge is 0.489 e. The lowest BCUT2D eigenvalue weighted by Gasteiger charge is -2.11. The quantitative estimate of drug-likeness (QED) is 0.0597. The second kappa shape index (κ2) is 16.0. The molecule has 0 amide bonds.